The molecule has 1 aromatic heterocycles. The van der Waals surface area contributed by atoms with Gasteiger partial charge in [0, 0.05) is 4.75 Å². The summed E-state index contributed by atoms with van der Waals surface area (Å²) in [5.41, 5.74) is 0. The number of carbonyl (C=O) groups is 2. The SMILES string of the molecule is O=C(CSC12CC3CC(CC(C3)C1)C2)NCc1ccc(C(=O)O)o1. The molecule has 0 spiro atoms. The highest BCUT2D eigenvalue weighted by atomic mass is 32.2. The quantitative estimate of drug-likeness (QED) is 0.824. The van der Waals surface area contributed by atoms with Crippen molar-refractivity contribution in [3.8, 4) is 0 Å². The Morgan fingerprint density at radius 1 is 1.17 bits per heavy atom. The van der Waals surface area contributed by atoms with Gasteiger partial charge in [-0.3, -0.25) is 4.79 Å². The van der Waals surface area contributed by atoms with Crippen LogP contribution in [0, 0.1) is 17.8 Å². The molecule has 0 radical (unpaired) electrons. The predicted molar refractivity (Wildman–Crippen MR) is 90.9 cm³/mol. The highest BCUT2D eigenvalue weighted by molar-refractivity contribution is 8.01. The number of hydrogen-bond acceptors (Lipinski definition) is 4. The first-order valence-electron chi connectivity index (χ1n) is 8.74. The summed E-state index contributed by atoms with van der Waals surface area (Å²) in [6, 6.07) is 3.00. The van der Waals surface area contributed by atoms with E-state index in [-0.39, 0.29) is 18.2 Å². The van der Waals surface area contributed by atoms with E-state index in [0.717, 1.165) is 17.8 Å². The Morgan fingerprint density at radius 2 is 1.79 bits per heavy atom. The third-order valence-electron chi connectivity index (χ3n) is 5.82. The van der Waals surface area contributed by atoms with E-state index in [4.69, 9.17) is 9.52 Å². The molecule has 4 saturated carbocycles. The zero-order valence-corrected chi connectivity index (χ0v) is 14.4. The van der Waals surface area contributed by atoms with Gasteiger partial charge in [0.1, 0.15) is 5.76 Å². The summed E-state index contributed by atoms with van der Waals surface area (Å²) in [7, 11) is 0. The lowest BCUT2D eigenvalue weighted by Crippen LogP contribution is -2.49. The van der Waals surface area contributed by atoms with Gasteiger partial charge in [0.25, 0.3) is 0 Å². The molecule has 130 valence electrons. The van der Waals surface area contributed by atoms with Crippen molar-refractivity contribution in [2.24, 2.45) is 17.8 Å². The maximum atomic E-state index is 12.2. The number of rotatable bonds is 6. The molecule has 24 heavy (non-hydrogen) atoms. The highest BCUT2D eigenvalue weighted by Gasteiger charge is 2.51. The monoisotopic (exact) mass is 349 g/mol. The van der Waals surface area contributed by atoms with Crippen LogP contribution in [0.1, 0.15) is 54.8 Å². The minimum atomic E-state index is -1.09. The molecule has 1 amide bonds. The second kappa shape index (κ2) is 6.14. The van der Waals surface area contributed by atoms with Crippen molar-refractivity contribution in [2.75, 3.05) is 5.75 Å². The van der Waals surface area contributed by atoms with Crippen LogP contribution in [0.2, 0.25) is 0 Å². The molecule has 4 aliphatic carbocycles. The number of amides is 1. The van der Waals surface area contributed by atoms with Gasteiger partial charge in [0.2, 0.25) is 11.7 Å². The standard InChI is InChI=1S/C18H23NO4S/c20-16(19-9-14-1-2-15(23-14)17(21)22)10-24-18-6-11-3-12(7-18)5-13(4-11)8-18/h1-2,11-13H,3-10H2,(H,19,20)(H,21,22). The van der Waals surface area contributed by atoms with Crippen LogP contribution in [0.5, 0.6) is 0 Å². The lowest BCUT2D eigenvalue weighted by Gasteiger charge is -2.56. The van der Waals surface area contributed by atoms with E-state index in [0.29, 0.717) is 16.3 Å². The second-order valence-electron chi connectivity index (χ2n) is 7.74. The van der Waals surface area contributed by atoms with Crippen LogP contribution in [0.15, 0.2) is 16.5 Å². The molecular weight excluding hydrogens is 326 g/mol. The van der Waals surface area contributed by atoms with E-state index in [1.165, 1.54) is 44.6 Å². The van der Waals surface area contributed by atoms with E-state index in [1.54, 1.807) is 6.07 Å². The van der Waals surface area contributed by atoms with Gasteiger partial charge in [-0.15, -0.1) is 11.8 Å². The average molecular weight is 349 g/mol. The van der Waals surface area contributed by atoms with Gasteiger partial charge in [0.05, 0.1) is 12.3 Å². The number of furan rings is 1. The number of carboxylic acid groups (broad SMARTS) is 1. The maximum absolute atomic E-state index is 12.2. The van der Waals surface area contributed by atoms with E-state index >= 15 is 0 Å². The minimum absolute atomic E-state index is 0.00372. The van der Waals surface area contributed by atoms with Crippen molar-refractivity contribution in [3.63, 3.8) is 0 Å². The first-order chi connectivity index (χ1) is 11.5. The highest BCUT2D eigenvalue weighted by Crippen LogP contribution is 2.60. The lowest BCUT2D eigenvalue weighted by molar-refractivity contribution is -0.118. The molecule has 4 bridgehead atoms. The molecule has 4 aliphatic rings. The fourth-order valence-electron chi connectivity index (χ4n) is 5.25. The van der Waals surface area contributed by atoms with Crippen LogP contribution in [0.25, 0.3) is 0 Å². The summed E-state index contributed by atoms with van der Waals surface area (Å²) < 4.78 is 5.49. The Kier molecular flexibility index (Phi) is 4.11. The first-order valence-corrected chi connectivity index (χ1v) is 9.72. The van der Waals surface area contributed by atoms with Crippen molar-refractivity contribution in [2.45, 2.75) is 49.8 Å². The van der Waals surface area contributed by atoms with Crippen LogP contribution in [0.3, 0.4) is 0 Å². The van der Waals surface area contributed by atoms with Gasteiger partial charge < -0.3 is 14.8 Å². The Bertz CT molecular complexity index is 618. The minimum Gasteiger partial charge on any atom is -0.475 e. The zero-order valence-electron chi connectivity index (χ0n) is 13.6. The summed E-state index contributed by atoms with van der Waals surface area (Å²) in [5, 5.41) is 11.7. The second-order valence-corrected chi connectivity index (χ2v) is 9.18. The number of carbonyl (C=O) groups excluding carboxylic acids is 1. The van der Waals surface area contributed by atoms with Gasteiger partial charge >= 0.3 is 5.97 Å². The normalized spacial score (nSPS) is 33.6. The molecule has 0 saturated heterocycles. The fourth-order valence-corrected chi connectivity index (χ4v) is 6.85. The van der Waals surface area contributed by atoms with Gasteiger partial charge in [-0.05, 0) is 68.4 Å². The molecule has 4 fully saturated rings. The van der Waals surface area contributed by atoms with Crippen LogP contribution in [0.4, 0.5) is 0 Å². The summed E-state index contributed by atoms with van der Waals surface area (Å²) in [6.07, 6.45) is 8.11. The summed E-state index contributed by atoms with van der Waals surface area (Å²) in [4.78, 5) is 22.9. The maximum Gasteiger partial charge on any atom is 0.371 e. The van der Waals surface area contributed by atoms with Crippen molar-refractivity contribution in [1.82, 2.24) is 5.32 Å². The summed E-state index contributed by atoms with van der Waals surface area (Å²) in [5.74, 6) is 2.45. The van der Waals surface area contributed by atoms with Crippen LogP contribution in [-0.2, 0) is 11.3 Å². The molecule has 0 aromatic carbocycles. The molecule has 1 heterocycles. The third-order valence-corrected chi connectivity index (χ3v) is 7.34. The van der Waals surface area contributed by atoms with Crippen molar-refractivity contribution in [3.05, 3.63) is 23.7 Å². The molecule has 0 unspecified atom stereocenters. The van der Waals surface area contributed by atoms with E-state index < -0.39 is 5.97 Å². The number of nitrogens with one attached hydrogen (secondary N) is 1. The van der Waals surface area contributed by atoms with E-state index in [9.17, 15) is 9.59 Å². The van der Waals surface area contributed by atoms with Gasteiger partial charge in [-0.1, -0.05) is 0 Å². The summed E-state index contributed by atoms with van der Waals surface area (Å²) in [6.45, 7) is 0.244. The Morgan fingerprint density at radius 3 is 2.33 bits per heavy atom. The smallest absolute Gasteiger partial charge is 0.371 e. The van der Waals surface area contributed by atoms with Crippen molar-refractivity contribution < 1.29 is 19.1 Å². The predicted octanol–water partition coefficient (Wildman–Crippen LogP) is 3.30. The van der Waals surface area contributed by atoms with Gasteiger partial charge in [-0.25, -0.2) is 4.79 Å². The lowest BCUT2D eigenvalue weighted by atomic mass is 9.56. The molecule has 1 aromatic rings. The number of aromatic carboxylic acids is 1. The van der Waals surface area contributed by atoms with Crippen LogP contribution < -0.4 is 5.32 Å². The third kappa shape index (κ3) is 3.21. The first kappa shape index (κ1) is 16.1. The van der Waals surface area contributed by atoms with E-state index in [2.05, 4.69) is 5.32 Å². The molecular formula is C18H23NO4S. The van der Waals surface area contributed by atoms with Gasteiger partial charge in [0.15, 0.2) is 0 Å². The molecule has 6 heteroatoms. The molecule has 0 aliphatic heterocycles. The average Bonchev–Trinajstić information content (AvgIpc) is 2.99. The topological polar surface area (TPSA) is 79.5 Å². The zero-order chi connectivity index (χ0) is 16.7. The molecule has 2 N–H and O–H groups in total. The fraction of sp³-hybridized carbons (Fsp3) is 0.667. The molecule has 5 nitrogen and oxygen atoms in total. The molecule has 0 atom stereocenters. The Hall–Kier alpha value is -1.43. The largest absolute Gasteiger partial charge is 0.475 e. The van der Waals surface area contributed by atoms with Crippen molar-refractivity contribution >= 4 is 23.6 Å². The van der Waals surface area contributed by atoms with E-state index in [1.807, 2.05) is 11.8 Å². The number of carboxylic acids is 1. The van der Waals surface area contributed by atoms with Gasteiger partial charge in [-0.2, -0.15) is 0 Å². The Labute approximate surface area is 145 Å². The van der Waals surface area contributed by atoms with Crippen LogP contribution >= 0.6 is 11.8 Å². The summed E-state index contributed by atoms with van der Waals surface area (Å²) >= 11 is 1.85. The Balaban J connectivity index is 1.27. The molecule has 5 rings (SSSR count). The van der Waals surface area contributed by atoms with Crippen LogP contribution in [-0.4, -0.2) is 27.5 Å². The number of hydrogen-bond donors (Lipinski definition) is 2. The number of thioether (sulfide) groups is 1. The van der Waals surface area contributed by atoms with Crippen molar-refractivity contribution in [1.29, 1.82) is 0 Å².